The van der Waals surface area contributed by atoms with Crippen LogP contribution in [0.2, 0.25) is 0 Å². The lowest BCUT2D eigenvalue weighted by Crippen LogP contribution is -2.25. The summed E-state index contributed by atoms with van der Waals surface area (Å²) >= 11 is 0. The van der Waals surface area contributed by atoms with Crippen molar-refractivity contribution in [3.05, 3.63) is 41.5 Å². The first kappa shape index (κ1) is 14.7. The fourth-order valence-corrected chi connectivity index (χ4v) is 3.87. The van der Waals surface area contributed by atoms with Gasteiger partial charge in [0, 0.05) is 7.05 Å². The van der Waals surface area contributed by atoms with Crippen LogP contribution < -0.4 is 4.72 Å². The topological polar surface area (TPSA) is 92.7 Å². The molecule has 3 aromatic rings. The number of H-pyrrole nitrogens is 1. The molecule has 0 saturated carbocycles. The maximum Gasteiger partial charge on any atom is 0.244 e. The van der Waals surface area contributed by atoms with Gasteiger partial charge in [-0.1, -0.05) is 12.1 Å². The van der Waals surface area contributed by atoms with Gasteiger partial charge in [0.1, 0.15) is 10.7 Å². The molecule has 3 rings (SSSR count). The first-order valence-corrected chi connectivity index (χ1v) is 8.30. The average Bonchev–Trinajstić information content (AvgIpc) is 2.98. The minimum atomic E-state index is -3.63. The minimum Gasteiger partial charge on any atom is -0.330 e. The van der Waals surface area contributed by atoms with E-state index in [0.29, 0.717) is 17.2 Å². The van der Waals surface area contributed by atoms with Gasteiger partial charge >= 0.3 is 0 Å². The number of hydrogen-bond acceptors (Lipinski definition) is 4. The molecule has 8 heteroatoms. The molecule has 0 aliphatic carbocycles. The Balaban J connectivity index is 1.89. The number of hydrogen-bond donors (Lipinski definition) is 2. The van der Waals surface area contributed by atoms with Gasteiger partial charge in [0.2, 0.25) is 10.0 Å². The Bertz CT molecular complexity index is 920. The van der Waals surface area contributed by atoms with Crippen molar-refractivity contribution in [2.24, 2.45) is 7.05 Å². The van der Waals surface area contributed by atoms with Crippen LogP contribution in [-0.4, -0.2) is 28.2 Å². The number of fused-ring (bicyclic) bond motifs is 1. The normalized spacial score (nSPS) is 12.1. The molecular formula is C14H17N5O2S. The second kappa shape index (κ2) is 5.22. The van der Waals surface area contributed by atoms with Crippen molar-refractivity contribution in [1.82, 2.24) is 24.5 Å². The molecule has 0 fully saturated rings. The third-order valence-corrected chi connectivity index (χ3v) is 5.29. The highest BCUT2D eigenvalue weighted by molar-refractivity contribution is 7.89. The quantitative estimate of drug-likeness (QED) is 0.760. The van der Waals surface area contributed by atoms with Crippen LogP contribution >= 0.6 is 0 Å². The number of benzene rings is 1. The monoisotopic (exact) mass is 319 g/mol. The van der Waals surface area contributed by atoms with Crippen LogP contribution in [0.25, 0.3) is 11.0 Å². The second-order valence-corrected chi connectivity index (χ2v) is 6.87. The van der Waals surface area contributed by atoms with Gasteiger partial charge in [-0.3, -0.25) is 5.10 Å². The van der Waals surface area contributed by atoms with Crippen LogP contribution in [0.1, 0.15) is 17.2 Å². The highest BCUT2D eigenvalue weighted by Crippen LogP contribution is 2.18. The Morgan fingerprint density at radius 3 is 2.64 bits per heavy atom. The van der Waals surface area contributed by atoms with E-state index in [1.54, 1.807) is 13.8 Å². The Morgan fingerprint density at radius 1 is 1.27 bits per heavy atom. The smallest absolute Gasteiger partial charge is 0.244 e. The number of para-hydroxylation sites is 2. The third-order valence-electron chi connectivity index (χ3n) is 3.63. The number of aryl methyl sites for hydroxylation is 3. The molecule has 2 N–H and O–H groups in total. The Labute approximate surface area is 128 Å². The zero-order valence-electron chi connectivity index (χ0n) is 12.6. The van der Waals surface area contributed by atoms with E-state index < -0.39 is 10.0 Å². The molecule has 1 aromatic carbocycles. The van der Waals surface area contributed by atoms with E-state index in [-0.39, 0.29) is 11.4 Å². The van der Waals surface area contributed by atoms with Gasteiger partial charge in [0.15, 0.2) is 0 Å². The van der Waals surface area contributed by atoms with Crippen molar-refractivity contribution < 1.29 is 8.42 Å². The number of imidazole rings is 1. The summed E-state index contributed by atoms with van der Waals surface area (Å²) in [6, 6.07) is 7.68. The van der Waals surface area contributed by atoms with Crippen LogP contribution in [0.15, 0.2) is 29.2 Å². The lowest BCUT2D eigenvalue weighted by Gasteiger charge is -2.07. The lowest BCUT2D eigenvalue weighted by atomic mass is 10.3. The van der Waals surface area contributed by atoms with Crippen LogP contribution in [-0.2, 0) is 23.6 Å². The Hall–Kier alpha value is -2.19. The molecular weight excluding hydrogens is 302 g/mol. The van der Waals surface area contributed by atoms with Crippen molar-refractivity contribution in [3.8, 4) is 0 Å². The maximum atomic E-state index is 12.4. The molecule has 116 valence electrons. The van der Waals surface area contributed by atoms with Crippen LogP contribution in [0.3, 0.4) is 0 Å². The molecule has 22 heavy (non-hydrogen) atoms. The fraction of sp³-hybridized carbons (Fsp3) is 0.286. The van der Waals surface area contributed by atoms with Gasteiger partial charge in [0.25, 0.3) is 0 Å². The Morgan fingerprint density at radius 2 is 2.00 bits per heavy atom. The van der Waals surface area contributed by atoms with E-state index in [0.717, 1.165) is 11.0 Å². The van der Waals surface area contributed by atoms with Gasteiger partial charge in [-0.2, -0.15) is 5.10 Å². The summed E-state index contributed by atoms with van der Waals surface area (Å²) in [4.78, 5) is 4.65. The molecule has 7 nitrogen and oxygen atoms in total. The lowest BCUT2D eigenvalue weighted by molar-refractivity contribution is 0.576. The van der Waals surface area contributed by atoms with E-state index in [4.69, 9.17) is 0 Å². The van der Waals surface area contributed by atoms with Crippen molar-refractivity contribution in [2.45, 2.75) is 25.3 Å². The molecule has 0 aliphatic heterocycles. The van der Waals surface area contributed by atoms with Crippen LogP contribution in [0, 0.1) is 13.8 Å². The summed E-state index contributed by atoms with van der Waals surface area (Å²) in [6.45, 7) is 3.47. The summed E-state index contributed by atoms with van der Waals surface area (Å²) in [5.41, 5.74) is 2.78. The highest BCUT2D eigenvalue weighted by Gasteiger charge is 2.22. The molecule has 0 spiro atoms. The van der Waals surface area contributed by atoms with Gasteiger partial charge in [-0.05, 0) is 26.0 Å². The predicted molar refractivity (Wildman–Crippen MR) is 82.8 cm³/mol. The number of nitrogens with one attached hydrogen (secondary N) is 2. The predicted octanol–water partition coefficient (Wildman–Crippen LogP) is 1.39. The zero-order valence-corrected chi connectivity index (χ0v) is 13.4. The first-order valence-electron chi connectivity index (χ1n) is 6.81. The number of nitrogens with zero attached hydrogens (tertiary/aromatic N) is 3. The van der Waals surface area contributed by atoms with Gasteiger partial charge in [0.05, 0.1) is 29.0 Å². The molecule has 2 heterocycles. The molecule has 0 atom stereocenters. The zero-order chi connectivity index (χ0) is 15.9. The summed E-state index contributed by atoms with van der Waals surface area (Å²) in [5, 5.41) is 6.61. The summed E-state index contributed by atoms with van der Waals surface area (Å²) in [6.07, 6.45) is 0. The van der Waals surface area contributed by atoms with Gasteiger partial charge < -0.3 is 4.57 Å². The summed E-state index contributed by atoms with van der Waals surface area (Å²) in [7, 11) is -1.76. The molecule has 0 saturated heterocycles. The molecule has 0 aliphatic rings. The SMILES string of the molecule is Cc1n[nH]c(C)c1S(=O)(=O)NCc1nc2ccccc2n1C. The third kappa shape index (κ3) is 2.40. The van der Waals surface area contributed by atoms with Gasteiger partial charge in [-0.15, -0.1) is 0 Å². The molecule has 0 bridgehead atoms. The van der Waals surface area contributed by atoms with E-state index in [2.05, 4.69) is 19.9 Å². The minimum absolute atomic E-state index is 0.123. The van der Waals surface area contributed by atoms with Crippen LogP contribution in [0.5, 0.6) is 0 Å². The summed E-state index contributed by atoms with van der Waals surface area (Å²) < 4.78 is 29.3. The number of sulfonamides is 1. The largest absolute Gasteiger partial charge is 0.330 e. The first-order chi connectivity index (χ1) is 10.4. The molecule has 0 radical (unpaired) electrons. The number of aromatic nitrogens is 4. The second-order valence-electron chi connectivity index (χ2n) is 5.16. The van der Waals surface area contributed by atoms with E-state index in [9.17, 15) is 8.42 Å². The van der Waals surface area contributed by atoms with Crippen molar-refractivity contribution >= 4 is 21.1 Å². The van der Waals surface area contributed by atoms with Crippen molar-refractivity contribution in [3.63, 3.8) is 0 Å². The van der Waals surface area contributed by atoms with E-state index in [1.165, 1.54) is 0 Å². The average molecular weight is 319 g/mol. The summed E-state index contributed by atoms with van der Waals surface area (Å²) in [5.74, 6) is 0.656. The van der Waals surface area contributed by atoms with E-state index in [1.807, 2.05) is 35.9 Å². The highest BCUT2D eigenvalue weighted by atomic mass is 32.2. The van der Waals surface area contributed by atoms with Crippen LogP contribution in [0.4, 0.5) is 0 Å². The van der Waals surface area contributed by atoms with E-state index >= 15 is 0 Å². The fourth-order valence-electron chi connectivity index (χ4n) is 2.52. The number of aromatic amines is 1. The molecule has 0 amide bonds. The van der Waals surface area contributed by atoms with Crippen molar-refractivity contribution in [1.29, 1.82) is 0 Å². The Kier molecular flexibility index (Phi) is 3.50. The molecule has 0 unspecified atom stereocenters. The maximum absolute atomic E-state index is 12.4. The standard InChI is InChI=1S/C14H17N5O2S/c1-9-14(10(2)18-17-9)22(20,21)15-8-13-16-11-6-4-5-7-12(11)19(13)3/h4-7,15H,8H2,1-3H3,(H,17,18). The number of rotatable bonds is 4. The van der Waals surface area contributed by atoms with Crippen molar-refractivity contribution in [2.75, 3.05) is 0 Å². The molecule has 2 aromatic heterocycles. The van der Waals surface area contributed by atoms with Gasteiger partial charge in [-0.25, -0.2) is 18.1 Å².